The summed E-state index contributed by atoms with van der Waals surface area (Å²) in [5.41, 5.74) is 0.609. The Morgan fingerprint density at radius 3 is 2.48 bits per heavy atom. The van der Waals surface area contributed by atoms with Gasteiger partial charge in [-0.25, -0.2) is 0 Å². The predicted molar refractivity (Wildman–Crippen MR) is 92.1 cm³/mol. The van der Waals surface area contributed by atoms with Crippen LogP contribution < -0.4 is 10.1 Å². The minimum Gasteiger partial charge on any atom is -0.468 e. The molecule has 1 saturated heterocycles. The summed E-state index contributed by atoms with van der Waals surface area (Å²) in [4.78, 5) is 14.5. The number of hydrogen-bond acceptors (Lipinski definition) is 4. The molecule has 1 aliphatic heterocycles. The summed E-state index contributed by atoms with van der Waals surface area (Å²) in [6.45, 7) is 2.34. The highest BCUT2D eigenvalue weighted by Gasteiger charge is 2.31. The summed E-state index contributed by atoms with van der Waals surface area (Å²) in [5, 5.41) is 2.90. The van der Waals surface area contributed by atoms with Crippen molar-refractivity contribution in [3.63, 3.8) is 0 Å². The standard InChI is InChI=1S/C19H21F3N2O3/c20-19(21,22)27-15-7-5-14(6-8-15)12-18(25)23-13-16(17-4-3-11-26-17)24-9-1-2-10-24/h3-8,11,16H,1-2,9-10,12-13H2,(H,23,25). The average Bonchev–Trinajstić information content (AvgIpc) is 3.30. The number of nitrogens with zero attached hydrogens (tertiary/aromatic N) is 1. The first-order valence-electron chi connectivity index (χ1n) is 8.79. The minimum absolute atomic E-state index is 0.0194. The summed E-state index contributed by atoms with van der Waals surface area (Å²) >= 11 is 0. The first-order chi connectivity index (χ1) is 12.9. The number of benzene rings is 1. The van der Waals surface area contributed by atoms with Gasteiger partial charge < -0.3 is 14.5 Å². The molecule has 0 aliphatic carbocycles. The third-order valence-corrected chi connectivity index (χ3v) is 4.47. The van der Waals surface area contributed by atoms with Gasteiger partial charge in [0.25, 0.3) is 0 Å². The molecule has 1 aromatic heterocycles. The van der Waals surface area contributed by atoms with Crippen LogP contribution in [0.1, 0.15) is 30.2 Å². The number of halogens is 3. The van der Waals surface area contributed by atoms with Crippen molar-refractivity contribution < 1.29 is 27.1 Å². The molecule has 1 fully saturated rings. The van der Waals surface area contributed by atoms with Gasteiger partial charge >= 0.3 is 6.36 Å². The van der Waals surface area contributed by atoms with E-state index < -0.39 is 6.36 Å². The van der Waals surface area contributed by atoms with Gasteiger partial charge in [-0.05, 0) is 55.8 Å². The lowest BCUT2D eigenvalue weighted by molar-refractivity contribution is -0.274. The van der Waals surface area contributed by atoms with Crippen molar-refractivity contribution in [1.29, 1.82) is 0 Å². The third kappa shape index (κ3) is 5.75. The maximum atomic E-state index is 12.2. The van der Waals surface area contributed by atoms with Crippen LogP contribution in [0.3, 0.4) is 0 Å². The van der Waals surface area contributed by atoms with E-state index in [9.17, 15) is 18.0 Å². The van der Waals surface area contributed by atoms with Gasteiger partial charge in [0, 0.05) is 6.54 Å². The Morgan fingerprint density at radius 2 is 1.89 bits per heavy atom. The smallest absolute Gasteiger partial charge is 0.468 e. The van der Waals surface area contributed by atoms with Crippen molar-refractivity contribution in [2.24, 2.45) is 0 Å². The first-order valence-corrected chi connectivity index (χ1v) is 8.79. The molecule has 5 nitrogen and oxygen atoms in total. The van der Waals surface area contributed by atoms with Crippen LogP contribution in [-0.2, 0) is 11.2 Å². The van der Waals surface area contributed by atoms with E-state index in [4.69, 9.17) is 4.42 Å². The first kappa shape index (κ1) is 19.3. The van der Waals surface area contributed by atoms with Gasteiger partial charge in [-0.1, -0.05) is 12.1 Å². The molecule has 1 amide bonds. The van der Waals surface area contributed by atoms with E-state index in [1.54, 1.807) is 6.26 Å². The number of amides is 1. The highest BCUT2D eigenvalue weighted by molar-refractivity contribution is 5.78. The van der Waals surface area contributed by atoms with Gasteiger partial charge in [0.1, 0.15) is 11.5 Å². The second-order valence-electron chi connectivity index (χ2n) is 6.45. The van der Waals surface area contributed by atoms with Crippen LogP contribution >= 0.6 is 0 Å². The van der Waals surface area contributed by atoms with Crippen LogP contribution in [0.15, 0.2) is 47.1 Å². The number of nitrogens with one attached hydrogen (secondary N) is 1. The number of furan rings is 1. The molecule has 27 heavy (non-hydrogen) atoms. The largest absolute Gasteiger partial charge is 0.573 e. The van der Waals surface area contributed by atoms with Gasteiger partial charge in [-0.3, -0.25) is 9.69 Å². The van der Waals surface area contributed by atoms with Gasteiger partial charge in [-0.2, -0.15) is 0 Å². The molecule has 0 spiro atoms. The number of alkyl halides is 3. The van der Waals surface area contributed by atoms with E-state index in [-0.39, 0.29) is 24.1 Å². The molecule has 0 bridgehead atoms. The van der Waals surface area contributed by atoms with E-state index in [1.165, 1.54) is 24.3 Å². The number of hydrogen-bond donors (Lipinski definition) is 1. The fourth-order valence-electron chi connectivity index (χ4n) is 3.21. The third-order valence-electron chi connectivity index (χ3n) is 4.47. The van der Waals surface area contributed by atoms with Gasteiger partial charge in [0.05, 0.1) is 18.7 Å². The van der Waals surface area contributed by atoms with Crippen molar-refractivity contribution in [3.05, 3.63) is 54.0 Å². The van der Waals surface area contributed by atoms with Crippen LogP contribution in [-0.4, -0.2) is 36.8 Å². The minimum atomic E-state index is -4.73. The molecule has 1 aromatic carbocycles. The molecule has 0 radical (unpaired) electrons. The maximum Gasteiger partial charge on any atom is 0.573 e. The number of rotatable bonds is 7. The zero-order valence-electron chi connectivity index (χ0n) is 14.7. The second kappa shape index (κ2) is 8.47. The Labute approximate surface area is 155 Å². The lowest BCUT2D eigenvalue weighted by Gasteiger charge is -2.26. The molecule has 1 atom stereocenters. The molecule has 146 valence electrons. The van der Waals surface area contributed by atoms with Crippen LogP contribution in [0.2, 0.25) is 0 Å². The quantitative estimate of drug-likeness (QED) is 0.794. The Kier molecular flexibility index (Phi) is 6.05. The maximum absolute atomic E-state index is 12.2. The zero-order valence-corrected chi connectivity index (χ0v) is 14.7. The van der Waals surface area contributed by atoms with Crippen molar-refractivity contribution in [1.82, 2.24) is 10.2 Å². The normalized spacial score (nSPS) is 16.3. The Balaban J connectivity index is 1.53. The fourth-order valence-corrected chi connectivity index (χ4v) is 3.21. The number of likely N-dealkylation sites (tertiary alicyclic amines) is 1. The SMILES string of the molecule is O=C(Cc1ccc(OC(F)(F)F)cc1)NCC(c1ccco1)N1CCCC1. The fraction of sp³-hybridized carbons (Fsp3) is 0.421. The van der Waals surface area contributed by atoms with Crippen LogP contribution in [0.4, 0.5) is 13.2 Å². The van der Waals surface area contributed by atoms with Crippen molar-refractivity contribution in [2.45, 2.75) is 31.7 Å². The summed E-state index contributed by atoms with van der Waals surface area (Å²) in [6, 6.07) is 9.00. The monoisotopic (exact) mass is 382 g/mol. The van der Waals surface area contributed by atoms with E-state index in [2.05, 4.69) is 15.0 Å². The Morgan fingerprint density at radius 1 is 1.19 bits per heavy atom. The van der Waals surface area contributed by atoms with Crippen LogP contribution in [0.5, 0.6) is 5.75 Å². The predicted octanol–water partition coefficient (Wildman–Crippen LogP) is 3.67. The molecule has 1 aliphatic rings. The molecular weight excluding hydrogens is 361 g/mol. The highest BCUT2D eigenvalue weighted by Crippen LogP contribution is 2.25. The lowest BCUT2D eigenvalue weighted by Crippen LogP contribution is -2.37. The second-order valence-corrected chi connectivity index (χ2v) is 6.45. The van der Waals surface area contributed by atoms with E-state index in [0.717, 1.165) is 31.7 Å². The van der Waals surface area contributed by atoms with Crippen molar-refractivity contribution in [3.8, 4) is 5.75 Å². The molecule has 8 heteroatoms. The topological polar surface area (TPSA) is 54.7 Å². The summed E-state index contributed by atoms with van der Waals surface area (Å²) < 4.78 is 45.9. The van der Waals surface area contributed by atoms with Crippen LogP contribution in [0, 0.1) is 0 Å². The molecule has 2 aromatic rings. The Hall–Kier alpha value is -2.48. The summed E-state index contributed by atoms with van der Waals surface area (Å²) in [7, 11) is 0. The van der Waals surface area contributed by atoms with Crippen molar-refractivity contribution in [2.75, 3.05) is 19.6 Å². The van der Waals surface area contributed by atoms with E-state index >= 15 is 0 Å². The Bertz CT molecular complexity index is 724. The van der Waals surface area contributed by atoms with Gasteiger partial charge in [-0.15, -0.1) is 13.2 Å². The van der Waals surface area contributed by atoms with Crippen molar-refractivity contribution >= 4 is 5.91 Å². The molecule has 0 saturated carbocycles. The molecule has 1 unspecified atom stereocenters. The highest BCUT2D eigenvalue weighted by atomic mass is 19.4. The summed E-state index contributed by atoms with van der Waals surface area (Å²) in [6.07, 6.45) is -0.785. The lowest BCUT2D eigenvalue weighted by atomic mass is 10.1. The number of carbonyl (C=O) groups is 1. The summed E-state index contributed by atoms with van der Waals surface area (Å²) in [5.74, 6) is 0.305. The van der Waals surface area contributed by atoms with E-state index in [0.29, 0.717) is 12.1 Å². The average molecular weight is 382 g/mol. The van der Waals surface area contributed by atoms with E-state index in [1.807, 2.05) is 12.1 Å². The van der Waals surface area contributed by atoms with Gasteiger partial charge in [0.2, 0.25) is 5.91 Å². The molecule has 2 heterocycles. The number of ether oxygens (including phenoxy) is 1. The molecular formula is C19H21F3N2O3. The number of carbonyl (C=O) groups excluding carboxylic acids is 1. The van der Waals surface area contributed by atoms with Gasteiger partial charge in [0.15, 0.2) is 0 Å². The van der Waals surface area contributed by atoms with Crippen LogP contribution in [0.25, 0.3) is 0 Å². The zero-order chi connectivity index (χ0) is 19.3. The molecule has 1 N–H and O–H groups in total. The molecule has 3 rings (SSSR count).